The zero-order valence-electron chi connectivity index (χ0n) is 11.1. The van der Waals surface area contributed by atoms with Crippen LogP contribution in [0.1, 0.15) is 17.3 Å². The first kappa shape index (κ1) is 16.8. The number of hydrogen-bond acceptors (Lipinski definition) is 5. The Balaban J connectivity index is 3.12. The lowest BCUT2D eigenvalue weighted by atomic mass is 9.95. The van der Waals surface area contributed by atoms with Crippen LogP contribution in [0.25, 0.3) is 0 Å². The van der Waals surface area contributed by atoms with E-state index >= 15 is 0 Å². The van der Waals surface area contributed by atoms with Gasteiger partial charge in [-0.3, -0.25) is 14.6 Å². The summed E-state index contributed by atoms with van der Waals surface area (Å²) in [7, 11) is 1.38. The number of ether oxygens (including phenoxy) is 1. The highest BCUT2D eigenvalue weighted by Gasteiger charge is 2.27. The number of carbonyl (C=O) groups excluding carboxylic acids is 2. The second-order valence-electron chi connectivity index (χ2n) is 3.88. The van der Waals surface area contributed by atoms with Crippen molar-refractivity contribution in [2.45, 2.75) is 6.92 Å². The van der Waals surface area contributed by atoms with E-state index in [0.717, 1.165) is 0 Å². The van der Waals surface area contributed by atoms with E-state index in [-0.39, 0.29) is 22.3 Å². The third-order valence-electron chi connectivity index (χ3n) is 2.44. The molecule has 0 saturated carbocycles. The molecule has 0 aromatic carbocycles. The van der Waals surface area contributed by atoms with Crippen LogP contribution in [0.3, 0.4) is 0 Å². The number of Topliss-reactive ketones (excluding diaryl/α,β-unsaturated/α-hetero) is 2. The van der Waals surface area contributed by atoms with Gasteiger partial charge in [-0.25, -0.2) is 4.98 Å². The molecule has 20 heavy (non-hydrogen) atoms. The molecule has 0 radical (unpaired) electrons. The summed E-state index contributed by atoms with van der Waals surface area (Å²) < 4.78 is 4.77. The standard InChI is InChI=1S/C13H14Cl2N2O3/c1-3-16-5-9(11(18)7-20-2)13(19)8-4-12(15)17-6-10(8)14/h4-6,9H,3,7H2,1-2H3. The van der Waals surface area contributed by atoms with Crippen LogP contribution in [0.15, 0.2) is 17.3 Å². The van der Waals surface area contributed by atoms with E-state index in [1.807, 2.05) is 0 Å². The number of aliphatic imine (C=N–C) groups is 1. The Hall–Kier alpha value is -1.30. The summed E-state index contributed by atoms with van der Waals surface area (Å²) in [4.78, 5) is 32.1. The van der Waals surface area contributed by atoms with Gasteiger partial charge in [0.1, 0.15) is 17.7 Å². The topological polar surface area (TPSA) is 68.6 Å². The second-order valence-corrected chi connectivity index (χ2v) is 4.67. The molecule has 1 rings (SSSR count). The Kier molecular flexibility index (Phi) is 6.78. The van der Waals surface area contributed by atoms with Crippen molar-refractivity contribution in [3.63, 3.8) is 0 Å². The van der Waals surface area contributed by atoms with Crippen molar-refractivity contribution in [1.29, 1.82) is 0 Å². The molecule has 5 nitrogen and oxygen atoms in total. The van der Waals surface area contributed by atoms with E-state index in [4.69, 9.17) is 27.9 Å². The van der Waals surface area contributed by atoms with Crippen molar-refractivity contribution in [1.82, 2.24) is 4.98 Å². The summed E-state index contributed by atoms with van der Waals surface area (Å²) in [5.41, 5.74) is 0.142. The minimum Gasteiger partial charge on any atom is -0.377 e. The molecule has 0 bridgehead atoms. The van der Waals surface area contributed by atoms with Crippen molar-refractivity contribution in [2.75, 3.05) is 20.3 Å². The second kappa shape index (κ2) is 8.09. The molecule has 0 fully saturated rings. The zero-order valence-corrected chi connectivity index (χ0v) is 12.6. The van der Waals surface area contributed by atoms with Gasteiger partial charge in [0.25, 0.3) is 0 Å². The Morgan fingerprint density at radius 2 is 2.20 bits per heavy atom. The van der Waals surface area contributed by atoms with Crippen LogP contribution < -0.4 is 0 Å². The van der Waals surface area contributed by atoms with E-state index in [2.05, 4.69) is 9.98 Å². The zero-order chi connectivity index (χ0) is 15.1. The van der Waals surface area contributed by atoms with Gasteiger partial charge in [0.05, 0.1) is 5.02 Å². The number of rotatable bonds is 7. The maximum absolute atomic E-state index is 12.4. The third-order valence-corrected chi connectivity index (χ3v) is 2.95. The lowest BCUT2D eigenvalue weighted by Crippen LogP contribution is -2.29. The van der Waals surface area contributed by atoms with Crippen molar-refractivity contribution < 1.29 is 14.3 Å². The van der Waals surface area contributed by atoms with Gasteiger partial charge in [-0.2, -0.15) is 0 Å². The van der Waals surface area contributed by atoms with E-state index in [0.29, 0.717) is 6.54 Å². The fraction of sp³-hybridized carbons (Fsp3) is 0.385. The van der Waals surface area contributed by atoms with E-state index in [1.165, 1.54) is 25.6 Å². The minimum absolute atomic E-state index is 0.128. The smallest absolute Gasteiger partial charge is 0.180 e. The Morgan fingerprint density at radius 3 is 2.80 bits per heavy atom. The summed E-state index contributed by atoms with van der Waals surface area (Å²) >= 11 is 11.7. The fourth-order valence-electron chi connectivity index (χ4n) is 1.51. The normalized spacial score (nSPS) is 12.6. The van der Waals surface area contributed by atoms with Gasteiger partial charge in [0.15, 0.2) is 11.6 Å². The SMILES string of the molecule is CCN=CC(C(=O)COC)C(=O)c1cc(Cl)ncc1Cl. The van der Waals surface area contributed by atoms with Crippen LogP contribution in [0.2, 0.25) is 10.2 Å². The number of methoxy groups -OCH3 is 1. The maximum atomic E-state index is 12.4. The highest BCUT2D eigenvalue weighted by molar-refractivity contribution is 6.36. The highest BCUT2D eigenvalue weighted by atomic mass is 35.5. The van der Waals surface area contributed by atoms with Crippen molar-refractivity contribution in [3.8, 4) is 0 Å². The first-order valence-corrected chi connectivity index (χ1v) is 6.63. The van der Waals surface area contributed by atoms with Crippen molar-refractivity contribution in [2.24, 2.45) is 10.9 Å². The van der Waals surface area contributed by atoms with Gasteiger partial charge >= 0.3 is 0 Å². The molecule has 0 N–H and O–H groups in total. The van der Waals surface area contributed by atoms with Crippen molar-refractivity contribution in [3.05, 3.63) is 28.0 Å². The first-order chi connectivity index (χ1) is 9.51. The molecule has 1 atom stereocenters. The monoisotopic (exact) mass is 316 g/mol. The Labute approximate surface area is 127 Å². The average Bonchev–Trinajstić information content (AvgIpc) is 2.42. The lowest BCUT2D eigenvalue weighted by molar-refractivity contribution is -0.123. The Bertz CT molecular complexity index is 532. The van der Waals surface area contributed by atoms with Crippen LogP contribution in [0.5, 0.6) is 0 Å². The molecular weight excluding hydrogens is 303 g/mol. The van der Waals surface area contributed by atoms with E-state index in [9.17, 15) is 9.59 Å². The van der Waals surface area contributed by atoms with Gasteiger partial charge in [-0.1, -0.05) is 23.2 Å². The largest absolute Gasteiger partial charge is 0.377 e. The van der Waals surface area contributed by atoms with E-state index in [1.54, 1.807) is 6.92 Å². The van der Waals surface area contributed by atoms with Gasteiger partial charge < -0.3 is 4.74 Å². The van der Waals surface area contributed by atoms with Gasteiger partial charge in [-0.05, 0) is 13.0 Å². The number of aromatic nitrogens is 1. The molecule has 1 unspecified atom stereocenters. The molecule has 1 aromatic rings. The molecule has 0 aliphatic heterocycles. The predicted molar refractivity (Wildman–Crippen MR) is 78.0 cm³/mol. The number of pyridine rings is 1. The van der Waals surface area contributed by atoms with Crippen LogP contribution in [-0.4, -0.2) is 43.0 Å². The van der Waals surface area contributed by atoms with Gasteiger partial charge in [-0.15, -0.1) is 0 Å². The molecule has 0 saturated heterocycles. The average molecular weight is 317 g/mol. The first-order valence-electron chi connectivity index (χ1n) is 5.88. The predicted octanol–water partition coefficient (Wildman–Crippen LogP) is 2.49. The molecule has 0 aliphatic carbocycles. The summed E-state index contributed by atoms with van der Waals surface area (Å²) in [6, 6.07) is 1.33. The summed E-state index contributed by atoms with van der Waals surface area (Å²) in [6.07, 6.45) is 2.58. The maximum Gasteiger partial charge on any atom is 0.180 e. The highest BCUT2D eigenvalue weighted by Crippen LogP contribution is 2.21. The fourth-order valence-corrected chi connectivity index (χ4v) is 1.86. The van der Waals surface area contributed by atoms with E-state index < -0.39 is 17.5 Å². The molecule has 7 heteroatoms. The lowest BCUT2D eigenvalue weighted by Gasteiger charge is -2.11. The molecule has 0 amide bonds. The van der Waals surface area contributed by atoms with Crippen LogP contribution in [-0.2, 0) is 9.53 Å². The number of hydrogen-bond donors (Lipinski definition) is 0. The summed E-state index contributed by atoms with van der Waals surface area (Å²) in [5, 5.41) is 0.266. The molecular formula is C13H14Cl2N2O3. The number of carbonyl (C=O) groups is 2. The summed E-state index contributed by atoms with van der Waals surface area (Å²) in [6.45, 7) is 2.09. The molecule has 108 valence electrons. The van der Waals surface area contributed by atoms with Gasteiger partial charge in [0, 0.05) is 31.6 Å². The van der Waals surface area contributed by atoms with Gasteiger partial charge in [0.2, 0.25) is 0 Å². The van der Waals surface area contributed by atoms with Crippen LogP contribution in [0.4, 0.5) is 0 Å². The molecule has 0 spiro atoms. The van der Waals surface area contributed by atoms with Crippen molar-refractivity contribution >= 4 is 41.0 Å². The van der Waals surface area contributed by atoms with Crippen LogP contribution >= 0.6 is 23.2 Å². The van der Waals surface area contributed by atoms with Crippen LogP contribution in [0, 0.1) is 5.92 Å². The third kappa shape index (κ3) is 4.37. The molecule has 1 heterocycles. The molecule has 1 aromatic heterocycles. The molecule has 0 aliphatic rings. The summed E-state index contributed by atoms with van der Waals surface area (Å²) in [5.74, 6) is -1.90. The number of ketones is 2. The quantitative estimate of drug-likeness (QED) is 0.335. The number of nitrogens with zero attached hydrogens (tertiary/aromatic N) is 2. The Morgan fingerprint density at radius 1 is 1.50 bits per heavy atom. The number of halogens is 2. The minimum atomic E-state index is -1.04.